The lowest BCUT2D eigenvalue weighted by atomic mass is 10.4. The molecule has 0 saturated carbocycles. The highest BCUT2D eigenvalue weighted by atomic mass is 16.5. The van der Waals surface area contributed by atoms with Gasteiger partial charge in [0.1, 0.15) is 0 Å². The molecule has 0 aliphatic heterocycles. The number of rotatable bonds is 4. The van der Waals surface area contributed by atoms with Gasteiger partial charge in [0, 0.05) is 13.0 Å². The molecule has 1 amide bonds. The van der Waals surface area contributed by atoms with E-state index >= 15 is 0 Å². The van der Waals surface area contributed by atoms with Crippen LogP contribution in [0.15, 0.2) is 4.52 Å². The van der Waals surface area contributed by atoms with Crippen LogP contribution in [-0.4, -0.2) is 44.7 Å². The van der Waals surface area contributed by atoms with E-state index in [0.717, 1.165) is 0 Å². The number of aliphatic carboxylic acids is 2. The van der Waals surface area contributed by atoms with E-state index in [2.05, 4.69) is 10.1 Å². The van der Waals surface area contributed by atoms with Crippen molar-refractivity contribution in [2.75, 3.05) is 6.54 Å². The Morgan fingerprint density at radius 2 is 1.78 bits per heavy atom. The second kappa shape index (κ2) is 7.73. The molecule has 10 heteroatoms. The van der Waals surface area contributed by atoms with Gasteiger partial charge in [0.05, 0.1) is 6.42 Å². The molecule has 0 aliphatic rings. The first-order valence-corrected chi connectivity index (χ1v) is 4.62. The third-order valence-corrected chi connectivity index (χ3v) is 1.38. The molecule has 0 aliphatic carbocycles. The van der Waals surface area contributed by atoms with Crippen molar-refractivity contribution >= 4 is 17.8 Å². The molecule has 0 atom stereocenters. The van der Waals surface area contributed by atoms with Gasteiger partial charge >= 0.3 is 11.9 Å². The molecule has 1 heterocycles. The van der Waals surface area contributed by atoms with Crippen LogP contribution in [-0.2, 0) is 27.2 Å². The van der Waals surface area contributed by atoms with Gasteiger partial charge in [0.25, 0.3) is 0 Å². The normalized spacial score (nSPS) is 9.17. The van der Waals surface area contributed by atoms with Gasteiger partial charge in [0.2, 0.25) is 11.8 Å². The zero-order valence-electron chi connectivity index (χ0n) is 9.20. The zero-order valence-corrected chi connectivity index (χ0v) is 9.20. The topological polar surface area (TPSA) is 183 Å². The van der Waals surface area contributed by atoms with Crippen LogP contribution in [0.25, 0.3) is 0 Å². The Hall–Kier alpha value is -2.49. The van der Waals surface area contributed by atoms with E-state index < -0.39 is 17.8 Å². The smallest absolute Gasteiger partial charge is 0.414 e. The van der Waals surface area contributed by atoms with Crippen LogP contribution in [0.2, 0.25) is 0 Å². The summed E-state index contributed by atoms with van der Waals surface area (Å²) >= 11 is 0. The molecule has 0 radical (unpaired) electrons. The third kappa shape index (κ3) is 6.90. The second-order valence-corrected chi connectivity index (χ2v) is 2.90. The first kappa shape index (κ1) is 15.5. The molecule has 0 fully saturated rings. The fourth-order valence-corrected chi connectivity index (χ4v) is 0.743. The Bertz CT molecular complexity index is 417. The van der Waals surface area contributed by atoms with Crippen LogP contribution in [0.4, 0.5) is 0 Å². The van der Waals surface area contributed by atoms with E-state index in [1.807, 2.05) is 0 Å². The van der Waals surface area contributed by atoms with Crippen molar-refractivity contribution < 1.29 is 29.1 Å². The highest BCUT2D eigenvalue weighted by Gasteiger charge is 2.07. The summed E-state index contributed by atoms with van der Waals surface area (Å²) in [4.78, 5) is 32.5. The van der Waals surface area contributed by atoms with E-state index in [1.165, 1.54) is 0 Å². The summed E-state index contributed by atoms with van der Waals surface area (Å²) in [5.41, 5.74) is 10.2. The molecule has 1 aromatic heterocycles. The highest BCUT2D eigenvalue weighted by Crippen LogP contribution is 1.97. The van der Waals surface area contributed by atoms with Gasteiger partial charge in [-0.3, -0.25) is 4.79 Å². The first-order chi connectivity index (χ1) is 8.36. The van der Waals surface area contributed by atoms with E-state index in [9.17, 15) is 4.79 Å². The predicted octanol–water partition coefficient (Wildman–Crippen LogP) is -2.25. The number of hydrogen-bond acceptors (Lipinski definition) is 7. The van der Waals surface area contributed by atoms with E-state index in [0.29, 0.717) is 24.7 Å². The Morgan fingerprint density at radius 3 is 2.17 bits per heavy atom. The van der Waals surface area contributed by atoms with Crippen molar-refractivity contribution in [3.05, 3.63) is 11.7 Å². The molecule has 10 nitrogen and oxygen atoms in total. The zero-order chi connectivity index (χ0) is 14.1. The van der Waals surface area contributed by atoms with Gasteiger partial charge in [-0.05, 0) is 0 Å². The minimum Gasteiger partial charge on any atom is -0.473 e. The third-order valence-electron chi connectivity index (χ3n) is 1.38. The van der Waals surface area contributed by atoms with Gasteiger partial charge in [0.15, 0.2) is 5.82 Å². The maximum Gasteiger partial charge on any atom is 0.414 e. The average Bonchev–Trinajstić information content (AvgIpc) is 2.66. The molecule has 18 heavy (non-hydrogen) atoms. The van der Waals surface area contributed by atoms with Gasteiger partial charge < -0.3 is 26.2 Å². The number of primary amides is 1. The number of carbonyl (C=O) groups is 3. The molecular weight excluding hydrogens is 248 g/mol. The van der Waals surface area contributed by atoms with Gasteiger partial charge in [-0.25, -0.2) is 9.59 Å². The molecule has 0 spiro atoms. The van der Waals surface area contributed by atoms with Crippen LogP contribution < -0.4 is 11.5 Å². The van der Waals surface area contributed by atoms with Crippen molar-refractivity contribution in [3.63, 3.8) is 0 Å². The van der Waals surface area contributed by atoms with Crippen LogP contribution in [0.1, 0.15) is 11.7 Å². The van der Waals surface area contributed by atoms with E-state index in [4.69, 9.17) is 35.8 Å². The summed E-state index contributed by atoms with van der Waals surface area (Å²) in [6, 6.07) is 0. The summed E-state index contributed by atoms with van der Waals surface area (Å²) < 4.78 is 4.76. The lowest BCUT2D eigenvalue weighted by Crippen LogP contribution is -2.14. The largest absolute Gasteiger partial charge is 0.473 e. The molecule has 0 unspecified atom stereocenters. The summed E-state index contributed by atoms with van der Waals surface area (Å²) in [6.07, 6.45) is 0.528. The van der Waals surface area contributed by atoms with Crippen molar-refractivity contribution in [2.45, 2.75) is 12.8 Å². The molecule has 1 aromatic rings. The fourth-order valence-electron chi connectivity index (χ4n) is 0.743. The van der Waals surface area contributed by atoms with Gasteiger partial charge in [-0.2, -0.15) is 4.98 Å². The summed E-state index contributed by atoms with van der Waals surface area (Å²) in [6.45, 7) is 0.443. The second-order valence-electron chi connectivity index (χ2n) is 2.90. The Balaban J connectivity index is 0.000000411. The molecule has 1 rings (SSSR count). The highest BCUT2D eigenvalue weighted by molar-refractivity contribution is 6.27. The monoisotopic (exact) mass is 260 g/mol. The van der Waals surface area contributed by atoms with Gasteiger partial charge in [-0.1, -0.05) is 5.16 Å². The van der Waals surface area contributed by atoms with Gasteiger partial charge in [-0.15, -0.1) is 0 Å². The molecule has 100 valence electrons. The number of carbonyl (C=O) groups excluding carboxylic acids is 1. The standard InChI is InChI=1S/C6H10N4O2.C2H2O4/c7-2-1-6-9-5(10-12-6)3-4(8)11;3-1(4)2(5)6/h1-3,7H2,(H2,8,11);(H,3,4)(H,5,6). The van der Waals surface area contributed by atoms with Crippen LogP contribution in [0, 0.1) is 0 Å². The number of nitrogens with two attached hydrogens (primary N) is 2. The average molecular weight is 260 g/mol. The molecule has 0 saturated heterocycles. The van der Waals surface area contributed by atoms with Crippen LogP contribution in [0.5, 0.6) is 0 Å². The lowest BCUT2D eigenvalue weighted by molar-refractivity contribution is -0.159. The van der Waals surface area contributed by atoms with Crippen molar-refractivity contribution in [2.24, 2.45) is 11.5 Å². The number of amides is 1. The molecule has 0 aromatic carbocycles. The quantitative estimate of drug-likeness (QED) is 0.434. The van der Waals surface area contributed by atoms with Crippen LogP contribution in [0.3, 0.4) is 0 Å². The first-order valence-electron chi connectivity index (χ1n) is 4.62. The van der Waals surface area contributed by atoms with Crippen molar-refractivity contribution in [1.82, 2.24) is 10.1 Å². The number of carboxylic acids is 2. The minimum atomic E-state index is -1.82. The maximum absolute atomic E-state index is 10.4. The molecule has 0 bridgehead atoms. The number of nitrogens with zero attached hydrogens (tertiary/aromatic N) is 2. The molecular formula is C8H12N4O6. The van der Waals surface area contributed by atoms with E-state index in [1.54, 1.807) is 0 Å². The fraction of sp³-hybridized carbons (Fsp3) is 0.375. The molecule has 6 N–H and O–H groups in total. The Labute approximate surface area is 101 Å². The number of hydrogen-bond donors (Lipinski definition) is 4. The number of carboxylic acid groups (broad SMARTS) is 2. The van der Waals surface area contributed by atoms with Crippen molar-refractivity contribution in [3.8, 4) is 0 Å². The summed E-state index contributed by atoms with van der Waals surface area (Å²) in [7, 11) is 0. The number of aromatic nitrogens is 2. The lowest BCUT2D eigenvalue weighted by Gasteiger charge is -1.85. The summed E-state index contributed by atoms with van der Waals surface area (Å²) in [5.74, 6) is -3.38. The Morgan fingerprint density at radius 1 is 1.22 bits per heavy atom. The maximum atomic E-state index is 10.4. The SMILES string of the molecule is NCCc1nc(CC(N)=O)no1.O=C(O)C(=O)O. The predicted molar refractivity (Wildman–Crippen MR) is 55.2 cm³/mol. The van der Waals surface area contributed by atoms with Crippen LogP contribution >= 0.6 is 0 Å². The summed E-state index contributed by atoms with van der Waals surface area (Å²) in [5, 5.41) is 18.3. The Kier molecular flexibility index (Phi) is 6.66. The minimum absolute atomic E-state index is 0.00801. The van der Waals surface area contributed by atoms with Crippen molar-refractivity contribution in [1.29, 1.82) is 0 Å². The van der Waals surface area contributed by atoms with E-state index in [-0.39, 0.29) is 6.42 Å².